The minimum absolute atomic E-state index is 0.118. The lowest BCUT2D eigenvalue weighted by Gasteiger charge is -2.05. The van der Waals surface area contributed by atoms with E-state index in [1.165, 1.54) is 6.07 Å². The third-order valence-corrected chi connectivity index (χ3v) is 1.86. The molecule has 0 spiro atoms. The molecular weight excluding hydrogens is 210 g/mol. The van der Waals surface area contributed by atoms with Crippen LogP contribution in [0.2, 0.25) is 0 Å². The standard InChI is InChI=1S/C6H8BrN3O/c1-8-5-3-4(11)6(7)9-10(5)2/h3,8H,1-2H3. The molecule has 0 bridgehead atoms. The van der Waals surface area contributed by atoms with E-state index in [1.807, 2.05) is 0 Å². The van der Waals surface area contributed by atoms with Crippen LogP contribution in [0.25, 0.3) is 0 Å². The summed E-state index contributed by atoms with van der Waals surface area (Å²) in [5, 5.41) is 6.75. The lowest BCUT2D eigenvalue weighted by atomic mass is 10.5. The van der Waals surface area contributed by atoms with Gasteiger partial charge in [0.2, 0.25) is 5.43 Å². The van der Waals surface area contributed by atoms with Gasteiger partial charge >= 0.3 is 0 Å². The first-order chi connectivity index (χ1) is 5.15. The van der Waals surface area contributed by atoms with E-state index in [0.29, 0.717) is 10.4 Å². The minimum Gasteiger partial charge on any atom is -0.373 e. The first-order valence-corrected chi connectivity index (χ1v) is 3.86. The zero-order chi connectivity index (χ0) is 8.43. The summed E-state index contributed by atoms with van der Waals surface area (Å²) in [6.45, 7) is 0. The summed E-state index contributed by atoms with van der Waals surface area (Å²) in [4.78, 5) is 11.0. The molecule has 0 aliphatic carbocycles. The van der Waals surface area contributed by atoms with E-state index < -0.39 is 0 Å². The number of rotatable bonds is 1. The highest BCUT2D eigenvalue weighted by Gasteiger charge is 2.00. The molecule has 1 aromatic rings. The summed E-state index contributed by atoms with van der Waals surface area (Å²) in [6, 6.07) is 1.48. The molecule has 0 saturated carbocycles. The summed E-state index contributed by atoms with van der Waals surface area (Å²) in [7, 11) is 3.50. The quantitative estimate of drug-likeness (QED) is 0.750. The predicted octanol–water partition coefficient (Wildman–Crippen LogP) is 0.585. The lowest BCUT2D eigenvalue weighted by molar-refractivity contribution is 0.731. The van der Waals surface area contributed by atoms with E-state index in [0.717, 1.165) is 0 Å². The van der Waals surface area contributed by atoms with Gasteiger partial charge in [0, 0.05) is 20.2 Å². The number of nitrogens with zero attached hydrogens (tertiary/aromatic N) is 2. The molecule has 0 unspecified atom stereocenters. The molecule has 60 valence electrons. The van der Waals surface area contributed by atoms with E-state index in [4.69, 9.17) is 0 Å². The van der Waals surface area contributed by atoms with Crippen LogP contribution in [0, 0.1) is 0 Å². The molecular formula is C6H8BrN3O. The monoisotopic (exact) mass is 217 g/mol. The van der Waals surface area contributed by atoms with Gasteiger partial charge in [-0.3, -0.25) is 9.48 Å². The van der Waals surface area contributed by atoms with Crippen molar-refractivity contribution in [3.8, 4) is 0 Å². The second-order valence-corrected chi connectivity index (χ2v) is 2.81. The van der Waals surface area contributed by atoms with Crippen molar-refractivity contribution in [1.82, 2.24) is 9.78 Å². The SMILES string of the molecule is CNc1cc(=O)c(Br)nn1C. The number of nitrogens with one attached hydrogen (secondary N) is 1. The highest BCUT2D eigenvalue weighted by Crippen LogP contribution is 2.02. The molecule has 4 nitrogen and oxygen atoms in total. The van der Waals surface area contributed by atoms with Crippen LogP contribution in [0.4, 0.5) is 5.82 Å². The summed E-state index contributed by atoms with van der Waals surface area (Å²) in [5.41, 5.74) is -0.118. The van der Waals surface area contributed by atoms with E-state index >= 15 is 0 Å². The van der Waals surface area contributed by atoms with Gasteiger partial charge in [-0.25, -0.2) is 0 Å². The Morgan fingerprint density at radius 1 is 1.73 bits per heavy atom. The number of aryl methyl sites for hydroxylation is 1. The molecule has 0 atom stereocenters. The Balaban J connectivity index is 3.32. The van der Waals surface area contributed by atoms with Crippen LogP contribution >= 0.6 is 15.9 Å². The van der Waals surface area contributed by atoms with E-state index in [1.54, 1.807) is 18.8 Å². The predicted molar refractivity (Wildman–Crippen MR) is 46.7 cm³/mol. The Labute approximate surface area is 72.4 Å². The van der Waals surface area contributed by atoms with Crippen LogP contribution in [0.1, 0.15) is 0 Å². The Morgan fingerprint density at radius 2 is 2.36 bits per heavy atom. The van der Waals surface area contributed by atoms with Crippen molar-refractivity contribution in [3.05, 3.63) is 20.9 Å². The van der Waals surface area contributed by atoms with E-state index in [9.17, 15) is 4.79 Å². The first kappa shape index (κ1) is 8.26. The van der Waals surface area contributed by atoms with Crippen LogP contribution in [-0.4, -0.2) is 16.8 Å². The average Bonchev–Trinajstić information content (AvgIpc) is 1.97. The number of halogens is 1. The Kier molecular flexibility index (Phi) is 2.28. The molecule has 0 aliphatic heterocycles. The van der Waals surface area contributed by atoms with Crippen molar-refractivity contribution in [2.75, 3.05) is 12.4 Å². The van der Waals surface area contributed by atoms with Gasteiger partial charge in [-0.1, -0.05) is 0 Å². The fraction of sp³-hybridized carbons (Fsp3) is 0.333. The maximum Gasteiger partial charge on any atom is 0.216 e. The second-order valence-electron chi connectivity index (χ2n) is 2.06. The third kappa shape index (κ3) is 1.59. The molecule has 11 heavy (non-hydrogen) atoms. The van der Waals surface area contributed by atoms with Crippen LogP contribution in [0.5, 0.6) is 0 Å². The van der Waals surface area contributed by atoms with E-state index in [2.05, 4.69) is 26.3 Å². The van der Waals surface area contributed by atoms with Crippen LogP contribution in [-0.2, 0) is 7.05 Å². The number of anilines is 1. The highest BCUT2D eigenvalue weighted by molar-refractivity contribution is 9.10. The second kappa shape index (κ2) is 3.04. The molecule has 0 saturated heterocycles. The summed E-state index contributed by atoms with van der Waals surface area (Å²) < 4.78 is 1.92. The molecule has 0 fully saturated rings. The molecule has 1 N–H and O–H groups in total. The molecule has 0 amide bonds. The van der Waals surface area contributed by atoms with Crippen molar-refractivity contribution in [1.29, 1.82) is 0 Å². The third-order valence-electron chi connectivity index (χ3n) is 1.31. The maximum absolute atomic E-state index is 11.0. The smallest absolute Gasteiger partial charge is 0.216 e. The molecule has 0 aliphatic rings. The number of hydrogen-bond donors (Lipinski definition) is 1. The normalized spacial score (nSPS) is 9.73. The largest absolute Gasteiger partial charge is 0.373 e. The first-order valence-electron chi connectivity index (χ1n) is 3.06. The van der Waals surface area contributed by atoms with Crippen LogP contribution in [0.3, 0.4) is 0 Å². The summed E-state index contributed by atoms with van der Waals surface area (Å²) in [6.07, 6.45) is 0. The van der Waals surface area contributed by atoms with E-state index in [-0.39, 0.29) is 5.43 Å². The Hall–Kier alpha value is -0.840. The molecule has 1 aromatic heterocycles. The van der Waals surface area contributed by atoms with Crippen molar-refractivity contribution in [3.63, 3.8) is 0 Å². The van der Waals surface area contributed by atoms with Crippen molar-refractivity contribution < 1.29 is 0 Å². The molecule has 0 radical (unpaired) electrons. The van der Waals surface area contributed by atoms with Crippen LogP contribution < -0.4 is 10.7 Å². The average molecular weight is 218 g/mol. The summed E-state index contributed by atoms with van der Waals surface area (Å²) in [5.74, 6) is 0.693. The highest BCUT2D eigenvalue weighted by atomic mass is 79.9. The molecule has 1 rings (SSSR count). The zero-order valence-corrected chi connectivity index (χ0v) is 7.84. The minimum atomic E-state index is -0.118. The van der Waals surface area contributed by atoms with Gasteiger partial charge in [-0.2, -0.15) is 5.10 Å². The van der Waals surface area contributed by atoms with Crippen LogP contribution in [0.15, 0.2) is 15.5 Å². The lowest BCUT2D eigenvalue weighted by Crippen LogP contribution is -2.13. The maximum atomic E-state index is 11.0. The van der Waals surface area contributed by atoms with Gasteiger partial charge in [0.15, 0.2) is 4.60 Å². The fourth-order valence-electron chi connectivity index (χ4n) is 0.746. The van der Waals surface area contributed by atoms with Crippen molar-refractivity contribution in [2.45, 2.75) is 0 Å². The fourth-order valence-corrected chi connectivity index (χ4v) is 1.10. The molecule has 5 heteroatoms. The topological polar surface area (TPSA) is 46.9 Å². The van der Waals surface area contributed by atoms with Gasteiger partial charge in [0.25, 0.3) is 0 Å². The van der Waals surface area contributed by atoms with Gasteiger partial charge in [-0.15, -0.1) is 0 Å². The summed E-state index contributed by atoms with van der Waals surface area (Å²) >= 11 is 3.04. The van der Waals surface area contributed by atoms with Gasteiger partial charge in [0.1, 0.15) is 5.82 Å². The number of hydrogen-bond acceptors (Lipinski definition) is 3. The van der Waals surface area contributed by atoms with Crippen molar-refractivity contribution in [2.24, 2.45) is 7.05 Å². The Morgan fingerprint density at radius 3 is 2.91 bits per heavy atom. The number of aromatic nitrogens is 2. The molecule has 1 heterocycles. The van der Waals surface area contributed by atoms with Gasteiger partial charge in [-0.05, 0) is 15.9 Å². The molecule has 0 aromatic carbocycles. The zero-order valence-electron chi connectivity index (χ0n) is 6.26. The van der Waals surface area contributed by atoms with Gasteiger partial charge < -0.3 is 5.32 Å². The van der Waals surface area contributed by atoms with Crippen molar-refractivity contribution >= 4 is 21.7 Å². The van der Waals surface area contributed by atoms with Gasteiger partial charge in [0.05, 0.1) is 0 Å². The Bertz CT molecular complexity index is 320.